The predicted octanol–water partition coefficient (Wildman–Crippen LogP) is 2.26. The molecule has 0 aliphatic carbocycles. The van der Waals surface area contributed by atoms with Gasteiger partial charge in [-0.1, -0.05) is 43.2 Å². The van der Waals surface area contributed by atoms with E-state index in [9.17, 15) is 9.59 Å². The van der Waals surface area contributed by atoms with Crippen molar-refractivity contribution < 1.29 is 9.59 Å². The first-order valence-corrected chi connectivity index (χ1v) is 7.09. The molecule has 0 aromatic heterocycles. The molecule has 0 saturated heterocycles. The molecular formula is C16H24N2O2. The van der Waals surface area contributed by atoms with Gasteiger partial charge in [-0.25, -0.2) is 0 Å². The number of benzene rings is 1. The molecule has 0 bridgehead atoms. The Labute approximate surface area is 121 Å². The molecule has 20 heavy (non-hydrogen) atoms. The van der Waals surface area contributed by atoms with Crippen molar-refractivity contribution in [3.8, 4) is 0 Å². The fourth-order valence-electron chi connectivity index (χ4n) is 1.76. The Kier molecular flexibility index (Phi) is 6.77. The van der Waals surface area contributed by atoms with Gasteiger partial charge in [-0.2, -0.15) is 0 Å². The highest BCUT2D eigenvalue weighted by Gasteiger charge is 2.13. The van der Waals surface area contributed by atoms with Crippen LogP contribution < -0.4 is 5.32 Å². The lowest BCUT2D eigenvalue weighted by molar-refractivity contribution is -0.135. The highest BCUT2D eigenvalue weighted by molar-refractivity contribution is 5.96. The Hall–Kier alpha value is -1.84. The summed E-state index contributed by atoms with van der Waals surface area (Å²) < 4.78 is 0. The monoisotopic (exact) mass is 276 g/mol. The van der Waals surface area contributed by atoms with E-state index in [-0.39, 0.29) is 18.2 Å². The molecule has 0 aliphatic heterocycles. The molecule has 1 aromatic rings. The number of rotatable bonds is 7. The van der Waals surface area contributed by atoms with Gasteiger partial charge in [0.15, 0.2) is 0 Å². The SMILES string of the molecule is CCCCN(C)C(=O)CC(=O)NCc1ccc(C)cc1. The summed E-state index contributed by atoms with van der Waals surface area (Å²) in [4.78, 5) is 25.1. The second kappa shape index (κ2) is 8.35. The normalized spacial score (nSPS) is 10.2. The summed E-state index contributed by atoms with van der Waals surface area (Å²) >= 11 is 0. The van der Waals surface area contributed by atoms with Crippen molar-refractivity contribution in [1.29, 1.82) is 0 Å². The summed E-state index contributed by atoms with van der Waals surface area (Å²) in [6.07, 6.45) is 1.93. The number of hydrogen-bond acceptors (Lipinski definition) is 2. The summed E-state index contributed by atoms with van der Waals surface area (Å²) in [6, 6.07) is 7.96. The smallest absolute Gasteiger partial charge is 0.231 e. The van der Waals surface area contributed by atoms with Crippen LogP contribution in [-0.4, -0.2) is 30.3 Å². The third-order valence-corrected chi connectivity index (χ3v) is 3.19. The van der Waals surface area contributed by atoms with Crippen molar-refractivity contribution >= 4 is 11.8 Å². The van der Waals surface area contributed by atoms with Gasteiger partial charge in [0.2, 0.25) is 11.8 Å². The molecule has 0 fully saturated rings. The predicted molar refractivity (Wildman–Crippen MR) is 80.2 cm³/mol. The molecule has 0 spiro atoms. The van der Waals surface area contributed by atoms with Crippen molar-refractivity contribution in [3.05, 3.63) is 35.4 Å². The van der Waals surface area contributed by atoms with E-state index in [1.807, 2.05) is 31.2 Å². The maximum Gasteiger partial charge on any atom is 0.231 e. The van der Waals surface area contributed by atoms with Gasteiger partial charge < -0.3 is 10.2 Å². The fourth-order valence-corrected chi connectivity index (χ4v) is 1.76. The molecule has 0 atom stereocenters. The average Bonchev–Trinajstić information content (AvgIpc) is 2.44. The van der Waals surface area contributed by atoms with Crippen molar-refractivity contribution in [2.24, 2.45) is 0 Å². The maximum absolute atomic E-state index is 11.8. The lowest BCUT2D eigenvalue weighted by Crippen LogP contribution is -2.33. The molecule has 4 heteroatoms. The first-order valence-electron chi connectivity index (χ1n) is 7.09. The lowest BCUT2D eigenvalue weighted by atomic mass is 10.1. The zero-order valence-corrected chi connectivity index (χ0v) is 12.6. The minimum absolute atomic E-state index is 0.0773. The minimum atomic E-state index is -0.223. The standard InChI is InChI=1S/C16H24N2O2/c1-4-5-10-18(3)16(20)11-15(19)17-12-14-8-6-13(2)7-9-14/h6-9H,4-5,10-12H2,1-3H3,(H,17,19). The van der Waals surface area contributed by atoms with Crippen LogP contribution in [0.3, 0.4) is 0 Å². The Bertz CT molecular complexity index is 440. The number of aryl methyl sites for hydroxylation is 1. The molecule has 0 heterocycles. The van der Waals surface area contributed by atoms with Crippen LogP contribution in [0.25, 0.3) is 0 Å². The van der Waals surface area contributed by atoms with Gasteiger partial charge in [-0.3, -0.25) is 9.59 Å². The van der Waals surface area contributed by atoms with Gasteiger partial charge in [0.25, 0.3) is 0 Å². The molecule has 110 valence electrons. The molecule has 2 amide bonds. The number of hydrogen-bond donors (Lipinski definition) is 1. The first kappa shape index (κ1) is 16.2. The summed E-state index contributed by atoms with van der Waals surface area (Å²) in [5.74, 6) is -0.348. The molecule has 0 aliphatic rings. The van der Waals surface area contributed by atoms with E-state index < -0.39 is 0 Å². The fraction of sp³-hybridized carbons (Fsp3) is 0.500. The number of carbonyl (C=O) groups excluding carboxylic acids is 2. The van der Waals surface area contributed by atoms with Crippen LogP contribution in [0.4, 0.5) is 0 Å². The van der Waals surface area contributed by atoms with Crippen molar-refractivity contribution in [2.45, 2.75) is 39.7 Å². The van der Waals surface area contributed by atoms with E-state index in [4.69, 9.17) is 0 Å². The Balaban J connectivity index is 2.32. The first-order chi connectivity index (χ1) is 9.52. The molecular weight excluding hydrogens is 252 g/mol. The Morgan fingerprint density at radius 1 is 1.20 bits per heavy atom. The summed E-state index contributed by atoms with van der Waals surface area (Å²) in [5.41, 5.74) is 2.23. The Morgan fingerprint density at radius 2 is 1.85 bits per heavy atom. The quantitative estimate of drug-likeness (QED) is 0.777. The molecule has 0 radical (unpaired) electrons. The van der Waals surface area contributed by atoms with E-state index in [1.54, 1.807) is 11.9 Å². The van der Waals surface area contributed by atoms with Crippen molar-refractivity contribution in [2.75, 3.05) is 13.6 Å². The van der Waals surface area contributed by atoms with Gasteiger partial charge >= 0.3 is 0 Å². The Morgan fingerprint density at radius 3 is 2.45 bits per heavy atom. The molecule has 1 N–H and O–H groups in total. The number of unbranched alkanes of at least 4 members (excludes halogenated alkanes) is 1. The highest BCUT2D eigenvalue weighted by Crippen LogP contribution is 2.03. The molecule has 0 unspecified atom stereocenters. The average molecular weight is 276 g/mol. The zero-order chi connectivity index (χ0) is 15.0. The summed E-state index contributed by atoms with van der Waals surface area (Å²) in [7, 11) is 1.74. The van der Waals surface area contributed by atoms with Gasteiger partial charge in [-0.05, 0) is 18.9 Å². The number of nitrogens with zero attached hydrogens (tertiary/aromatic N) is 1. The van der Waals surface area contributed by atoms with Crippen molar-refractivity contribution in [3.63, 3.8) is 0 Å². The van der Waals surface area contributed by atoms with Crippen LogP contribution in [0.2, 0.25) is 0 Å². The van der Waals surface area contributed by atoms with Crippen LogP contribution in [0.15, 0.2) is 24.3 Å². The van der Waals surface area contributed by atoms with E-state index in [0.29, 0.717) is 13.1 Å². The van der Waals surface area contributed by atoms with E-state index in [2.05, 4.69) is 12.2 Å². The topological polar surface area (TPSA) is 49.4 Å². The second-order valence-corrected chi connectivity index (χ2v) is 5.11. The second-order valence-electron chi connectivity index (χ2n) is 5.11. The number of amides is 2. The zero-order valence-electron chi connectivity index (χ0n) is 12.6. The molecule has 1 rings (SSSR count). The highest BCUT2D eigenvalue weighted by atomic mass is 16.2. The third-order valence-electron chi connectivity index (χ3n) is 3.19. The third kappa shape index (κ3) is 5.87. The van der Waals surface area contributed by atoms with Gasteiger partial charge in [0.1, 0.15) is 6.42 Å². The summed E-state index contributed by atoms with van der Waals surface area (Å²) in [6.45, 7) is 5.27. The molecule has 1 aromatic carbocycles. The van der Waals surface area contributed by atoms with Gasteiger partial charge in [0.05, 0.1) is 0 Å². The molecule has 0 saturated carbocycles. The molecule has 4 nitrogen and oxygen atoms in total. The van der Waals surface area contributed by atoms with Crippen LogP contribution in [0, 0.1) is 6.92 Å². The number of nitrogens with one attached hydrogen (secondary N) is 1. The van der Waals surface area contributed by atoms with Crippen LogP contribution in [0.1, 0.15) is 37.3 Å². The van der Waals surface area contributed by atoms with E-state index in [0.717, 1.165) is 18.4 Å². The maximum atomic E-state index is 11.8. The van der Waals surface area contributed by atoms with Crippen LogP contribution >= 0.6 is 0 Å². The largest absolute Gasteiger partial charge is 0.352 e. The van der Waals surface area contributed by atoms with Gasteiger partial charge in [0, 0.05) is 20.1 Å². The number of carbonyl (C=O) groups is 2. The van der Waals surface area contributed by atoms with Crippen LogP contribution in [0.5, 0.6) is 0 Å². The van der Waals surface area contributed by atoms with Gasteiger partial charge in [-0.15, -0.1) is 0 Å². The van der Waals surface area contributed by atoms with Crippen LogP contribution in [-0.2, 0) is 16.1 Å². The lowest BCUT2D eigenvalue weighted by Gasteiger charge is -2.16. The summed E-state index contributed by atoms with van der Waals surface area (Å²) in [5, 5.41) is 2.77. The van der Waals surface area contributed by atoms with E-state index >= 15 is 0 Å². The minimum Gasteiger partial charge on any atom is -0.352 e. The van der Waals surface area contributed by atoms with Crippen molar-refractivity contribution in [1.82, 2.24) is 10.2 Å². The van der Waals surface area contributed by atoms with E-state index in [1.165, 1.54) is 5.56 Å².